The van der Waals surface area contributed by atoms with E-state index in [2.05, 4.69) is 136 Å². The van der Waals surface area contributed by atoms with Gasteiger partial charge in [-0.25, -0.2) is 4.98 Å². The van der Waals surface area contributed by atoms with Crippen molar-refractivity contribution in [2.75, 3.05) is 21.4 Å². The highest BCUT2D eigenvalue weighted by Gasteiger charge is 2.34. The van der Waals surface area contributed by atoms with Gasteiger partial charge in [0.1, 0.15) is 12.4 Å². The maximum atomic E-state index is 4.88. The van der Waals surface area contributed by atoms with Crippen molar-refractivity contribution >= 4 is 39.9 Å². The van der Waals surface area contributed by atoms with Crippen molar-refractivity contribution < 1.29 is 0 Å². The largest absolute Gasteiger partial charge is 0.318 e. The summed E-state index contributed by atoms with van der Waals surface area (Å²) in [5.41, 5.74) is 6.65. The fraction of sp³-hybridized carbons (Fsp3) is 0.0333. The molecule has 0 amide bonds. The SMILES string of the molecule is c1ccc(N2CN(c3ccccc3)c3c(N(c4ccccc4)c4ccccc4)ccnc32)cc1. The molecule has 4 nitrogen and oxygen atoms in total. The molecule has 0 fully saturated rings. The van der Waals surface area contributed by atoms with E-state index in [1.54, 1.807) is 0 Å². The molecule has 4 aromatic carbocycles. The van der Waals surface area contributed by atoms with Gasteiger partial charge in [0.25, 0.3) is 0 Å². The van der Waals surface area contributed by atoms with E-state index in [-0.39, 0.29) is 0 Å². The first-order chi connectivity index (χ1) is 16.9. The molecule has 34 heavy (non-hydrogen) atoms. The van der Waals surface area contributed by atoms with E-state index in [0.29, 0.717) is 6.67 Å². The number of anilines is 7. The summed E-state index contributed by atoms with van der Waals surface area (Å²) in [6.45, 7) is 0.685. The van der Waals surface area contributed by atoms with E-state index in [1.807, 2.05) is 12.3 Å². The molecule has 0 N–H and O–H groups in total. The van der Waals surface area contributed by atoms with Crippen molar-refractivity contribution in [3.63, 3.8) is 0 Å². The van der Waals surface area contributed by atoms with Crippen LogP contribution < -0.4 is 14.7 Å². The van der Waals surface area contributed by atoms with Crippen LogP contribution in [0.4, 0.5) is 39.9 Å². The molecule has 0 spiro atoms. The zero-order valence-electron chi connectivity index (χ0n) is 18.7. The molecule has 0 bridgehead atoms. The molecular weight excluding hydrogens is 416 g/mol. The number of para-hydroxylation sites is 4. The summed E-state index contributed by atoms with van der Waals surface area (Å²) in [5.74, 6) is 0.949. The van der Waals surface area contributed by atoms with Gasteiger partial charge in [-0.3, -0.25) is 0 Å². The molecule has 6 rings (SSSR count). The van der Waals surface area contributed by atoms with Crippen LogP contribution >= 0.6 is 0 Å². The third-order valence-corrected chi connectivity index (χ3v) is 6.10. The highest BCUT2D eigenvalue weighted by Crippen LogP contribution is 2.50. The first-order valence-corrected chi connectivity index (χ1v) is 11.4. The second kappa shape index (κ2) is 8.75. The van der Waals surface area contributed by atoms with E-state index in [0.717, 1.165) is 39.9 Å². The molecule has 5 aromatic rings. The molecule has 1 aliphatic rings. The number of fused-ring (bicyclic) bond motifs is 1. The van der Waals surface area contributed by atoms with Crippen molar-refractivity contribution in [2.24, 2.45) is 0 Å². The minimum Gasteiger partial charge on any atom is -0.318 e. The Kier molecular flexibility index (Phi) is 5.17. The van der Waals surface area contributed by atoms with Gasteiger partial charge in [-0.1, -0.05) is 72.8 Å². The first-order valence-electron chi connectivity index (χ1n) is 11.4. The number of rotatable bonds is 5. The van der Waals surface area contributed by atoms with E-state index in [1.165, 1.54) is 0 Å². The Hall–Kier alpha value is -4.57. The lowest BCUT2D eigenvalue weighted by Crippen LogP contribution is -2.24. The van der Waals surface area contributed by atoms with Crippen LogP contribution in [0.1, 0.15) is 0 Å². The van der Waals surface area contributed by atoms with Crippen molar-refractivity contribution in [1.82, 2.24) is 4.98 Å². The highest BCUT2D eigenvalue weighted by atomic mass is 15.4. The smallest absolute Gasteiger partial charge is 0.160 e. The molecular formula is C30H24N4. The summed E-state index contributed by atoms with van der Waals surface area (Å²) in [7, 11) is 0. The van der Waals surface area contributed by atoms with Crippen LogP contribution in [0, 0.1) is 0 Å². The summed E-state index contributed by atoms with van der Waals surface area (Å²) < 4.78 is 0. The number of hydrogen-bond donors (Lipinski definition) is 0. The lowest BCUT2D eigenvalue weighted by atomic mass is 10.1. The predicted molar refractivity (Wildman–Crippen MR) is 141 cm³/mol. The van der Waals surface area contributed by atoms with Crippen molar-refractivity contribution in [2.45, 2.75) is 0 Å². The van der Waals surface area contributed by atoms with E-state index in [4.69, 9.17) is 4.98 Å². The number of pyridine rings is 1. The molecule has 0 saturated carbocycles. The molecule has 0 atom stereocenters. The maximum absolute atomic E-state index is 4.88. The molecule has 1 aliphatic heterocycles. The first kappa shape index (κ1) is 20.1. The van der Waals surface area contributed by atoms with Crippen LogP contribution in [0.15, 0.2) is 134 Å². The Morgan fingerprint density at radius 1 is 0.529 bits per heavy atom. The predicted octanol–water partition coefficient (Wildman–Crippen LogP) is 7.80. The third-order valence-electron chi connectivity index (χ3n) is 6.10. The van der Waals surface area contributed by atoms with Gasteiger partial charge in [0, 0.05) is 28.9 Å². The molecule has 2 heterocycles. The zero-order valence-corrected chi connectivity index (χ0v) is 18.7. The average molecular weight is 441 g/mol. The van der Waals surface area contributed by atoms with Gasteiger partial charge in [0.2, 0.25) is 0 Å². The minimum absolute atomic E-state index is 0.685. The molecule has 0 aliphatic carbocycles. The summed E-state index contributed by atoms with van der Waals surface area (Å²) in [4.78, 5) is 11.8. The van der Waals surface area contributed by atoms with Crippen molar-refractivity contribution in [1.29, 1.82) is 0 Å². The second-order valence-corrected chi connectivity index (χ2v) is 8.18. The van der Waals surface area contributed by atoms with Crippen LogP contribution in [-0.2, 0) is 0 Å². The van der Waals surface area contributed by atoms with Gasteiger partial charge in [0.05, 0.1) is 5.69 Å². The topological polar surface area (TPSA) is 22.6 Å². The molecule has 164 valence electrons. The summed E-state index contributed by atoms with van der Waals surface area (Å²) in [6, 6.07) is 44.2. The van der Waals surface area contributed by atoms with Crippen molar-refractivity contribution in [3.05, 3.63) is 134 Å². The van der Waals surface area contributed by atoms with Crippen LogP contribution in [0.3, 0.4) is 0 Å². The van der Waals surface area contributed by atoms with Gasteiger partial charge in [-0.15, -0.1) is 0 Å². The Morgan fingerprint density at radius 3 is 1.53 bits per heavy atom. The maximum Gasteiger partial charge on any atom is 0.160 e. The summed E-state index contributed by atoms with van der Waals surface area (Å²) in [5, 5.41) is 0. The number of benzene rings is 4. The Balaban J connectivity index is 1.59. The minimum atomic E-state index is 0.685. The molecule has 0 radical (unpaired) electrons. The van der Waals surface area contributed by atoms with Crippen LogP contribution in [0.5, 0.6) is 0 Å². The number of aromatic nitrogens is 1. The van der Waals surface area contributed by atoms with Crippen molar-refractivity contribution in [3.8, 4) is 0 Å². The van der Waals surface area contributed by atoms with E-state index >= 15 is 0 Å². The van der Waals surface area contributed by atoms with Crippen LogP contribution in [0.25, 0.3) is 0 Å². The number of nitrogens with zero attached hydrogens (tertiary/aromatic N) is 4. The van der Waals surface area contributed by atoms with Gasteiger partial charge >= 0.3 is 0 Å². The molecule has 0 unspecified atom stereocenters. The van der Waals surface area contributed by atoms with Gasteiger partial charge in [0.15, 0.2) is 5.82 Å². The second-order valence-electron chi connectivity index (χ2n) is 8.18. The van der Waals surface area contributed by atoms with Gasteiger partial charge < -0.3 is 14.7 Å². The third kappa shape index (κ3) is 3.55. The van der Waals surface area contributed by atoms with Gasteiger partial charge in [-0.2, -0.15) is 0 Å². The van der Waals surface area contributed by atoms with Crippen LogP contribution in [-0.4, -0.2) is 11.7 Å². The van der Waals surface area contributed by atoms with E-state index < -0.39 is 0 Å². The highest BCUT2D eigenvalue weighted by molar-refractivity contribution is 5.96. The fourth-order valence-corrected chi connectivity index (χ4v) is 4.56. The molecule has 1 aromatic heterocycles. The quantitative estimate of drug-likeness (QED) is 0.278. The van der Waals surface area contributed by atoms with E-state index in [9.17, 15) is 0 Å². The number of hydrogen-bond acceptors (Lipinski definition) is 4. The Bertz CT molecular complexity index is 1330. The Morgan fingerprint density at radius 2 is 1.00 bits per heavy atom. The van der Waals surface area contributed by atoms with Crippen LogP contribution in [0.2, 0.25) is 0 Å². The monoisotopic (exact) mass is 440 g/mol. The summed E-state index contributed by atoms with van der Waals surface area (Å²) in [6.07, 6.45) is 1.91. The standard InChI is InChI=1S/C30H24N4/c1-5-13-24(14-6-1)32-23-33(25-15-7-2-8-16-25)30-29(32)28(21-22-31-30)34(26-17-9-3-10-18-26)27-19-11-4-12-20-27/h1-22H,23H2. The fourth-order valence-electron chi connectivity index (χ4n) is 4.56. The molecule has 4 heteroatoms. The van der Waals surface area contributed by atoms with Gasteiger partial charge in [-0.05, 0) is 54.6 Å². The zero-order chi connectivity index (χ0) is 22.7. The lowest BCUT2D eigenvalue weighted by Gasteiger charge is -2.29. The lowest BCUT2D eigenvalue weighted by molar-refractivity contribution is 0.981. The Labute approximate surface area is 200 Å². The average Bonchev–Trinajstić information content (AvgIpc) is 3.32. The summed E-state index contributed by atoms with van der Waals surface area (Å²) >= 11 is 0. The normalized spacial score (nSPS) is 12.5. The molecule has 0 saturated heterocycles.